The van der Waals surface area contributed by atoms with E-state index in [4.69, 9.17) is 14.2 Å². The summed E-state index contributed by atoms with van der Waals surface area (Å²) in [7, 11) is -0.530. The second-order valence-corrected chi connectivity index (χ2v) is 8.26. The number of hydrogen-bond acceptors (Lipinski definition) is 6. The maximum atomic E-state index is 12.6. The summed E-state index contributed by atoms with van der Waals surface area (Å²) < 4.78 is 48.1. The molecule has 1 aliphatic rings. The fraction of sp³-hybridized carbons (Fsp3) is 0.235. The van der Waals surface area contributed by atoms with Gasteiger partial charge in [-0.25, -0.2) is 0 Å². The van der Waals surface area contributed by atoms with Gasteiger partial charge in [0.05, 0.1) is 22.2 Å². The van der Waals surface area contributed by atoms with Gasteiger partial charge >= 0.3 is 0 Å². The van der Waals surface area contributed by atoms with Crippen LogP contribution < -0.4 is 19.0 Å². The molecule has 0 bridgehead atoms. The zero-order chi connectivity index (χ0) is 18.3. The Labute approximate surface area is 154 Å². The Morgan fingerprint density at radius 1 is 1.12 bits per heavy atom. The average Bonchev–Trinajstić information content (AvgIpc) is 2.94. The largest absolute Gasteiger partial charge is 0.497 e. The minimum absolute atomic E-state index is 0.113. The number of thiazole rings is 1. The van der Waals surface area contributed by atoms with Gasteiger partial charge in [-0.1, -0.05) is 11.3 Å². The van der Waals surface area contributed by atoms with E-state index < -0.39 is 10.0 Å². The monoisotopic (exact) mass is 392 g/mol. The van der Waals surface area contributed by atoms with Crippen LogP contribution in [0.2, 0.25) is 0 Å². The number of aryl methyl sites for hydroxylation is 1. The van der Waals surface area contributed by atoms with Gasteiger partial charge in [0, 0.05) is 19.2 Å². The second kappa shape index (κ2) is 6.33. The molecule has 0 saturated carbocycles. The first-order valence-corrected chi connectivity index (χ1v) is 10.1. The second-order valence-electron chi connectivity index (χ2n) is 5.65. The molecule has 0 aliphatic carbocycles. The molecule has 0 fully saturated rings. The van der Waals surface area contributed by atoms with Gasteiger partial charge in [0.15, 0.2) is 11.5 Å². The first kappa shape index (κ1) is 16.9. The molecular formula is C17H16N2O5S2. The van der Waals surface area contributed by atoms with Gasteiger partial charge in [0.2, 0.25) is 4.80 Å². The van der Waals surface area contributed by atoms with Crippen molar-refractivity contribution in [2.45, 2.75) is 4.90 Å². The summed E-state index contributed by atoms with van der Waals surface area (Å²) in [6.07, 6.45) is 0. The van der Waals surface area contributed by atoms with Crippen molar-refractivity contribution in [2.24, 2.45) is 11.4 Å². The van der Waals surface area contributed by atoms with Crippen molar-refractivity contribution in [2.75, 3.05) is 20.3 Å². The van der Waals surface area contributed by atoms with E-state index >= 15 is 0 Å². The number of sulfonamides is 1. The lowest BCUT2D eigenvalue weighted by Crippen LogP contribution is -2.15. The number of benzene rings is 2. The minimum atomic E-state index is -3.83. The van der Waals surface area contributed by atoms with E-state index in [0.29, 0.717) is 35.3 Å². The van der Waals surface area contributed by atoms with Crippen molar-refractivity contribution >= 4 is 31.6 Å². The Balaban J connectivity index is 1.83. The summed E-state index contributed by atoms with van der Waals surface area (Å²) in [5.41, 5.74) is 0.836. The third-order valence-electron chi connectivity index (χ3n) is 4.03. The minimum Gasteiger partial charge on any atom is -0.497 e. The molecule has 4 rings (SSSR count). The lowest BCUT2D eigenvalue weighted by molar-refractivity contribution is 0.172. The molecule has 0 saturated heterocycles. The van der Waals surface area contributed by atoms with E-state index in [2.05, 4.69) is 4.40 Å². The van der Waals surface area contributed by atoms with Crippen molar-refractivity contribution in [1.29, 1.82) is 0 Å². The van der Waals surface area contributed by atoms with E-state index in [1.54, 1.807) is 23.7 Å². The van der Waals surface area contributed by atoms with E-state index in [0.717, 1.165) is 10.2 Å². The summed E-state index contributed by atoms with van der Waals surface area (Å²) in [4.78, 5) is 0.486. The highest BCUT2D eigenvalue weighted by Crippen LogP contribution is 2.35. The van der Waals surface area contributed by atoms with Crippen LogP contribution in [0.5, 0.6) is 17.2 Å². The SMILES string of the molecule is COc1ccc(S(=O)(=O)/N=c2\sc3cc4c(cc3n2C)OCCO4)cc1. The number of nitrogens with zero attached hydrogens (tertiary/aromatic N) is 2. The molecule has 3 aromatic rings. The maximum absolute atomic E-state index is 12.6. The molecule has 0 N–H and O–H groups in total. The van der Waals surface area contributed by atoms with Gasteiger partial charge in [-0.05, 0) is 24.3 Å². The van der Waals surface area contributed by atoms with Crippen molar-refractivity contribution in [3.05, 3.63) is 41.2 Å². The summed E-state index contributed by atoms with van der Waals surface area (Å²) >= 11 is 1.28. The van der Waals surface area contributed by atoms with E-state index in [9.17, 15) is 8.42 Å². The fourth-order valence-corrected chi connectivity index (χ4v) is 4.91. The Morgan fingerprint density at radius 3 is 2.42 bits per heavy atom. The number of hydrogen-bond donors (Lipinski definition) is 0. The van der Waals surface area contributed by atoms with Crippen LogP contribution in [0.3, 0.4) is 0 Å². The Kier molecular flexibility index (Phi) is 4.12. The molecule has 1 aromatic heterocycles. The van der Waals surface area contributed by atoms with Crippen LogP contribution >= 0.6 is 11.3 Å². The van der Waals surface area contributed by atoms with Crippen molar-refractivity contribution in [1.82, 2.24) is 4.57 Å². The van der Waals surface area contributed by atoms with Gasteiger partial charge in [-0.3, -0.25) is 0 Å². The Hall–Kier alpha value is -2.52. The van der Waals surface area contributed by atoms with Crippen molar-refractivity contribution in [3.8, 4) is 17.2 Å². The summed E-state index contributed by atoms with van der Waals surface area (Å²) in [5.74, 6) is 1.90. The lowest BCUT2D eigenvalue weighted by atomic mass is 10.3. The smallest absolute Gasteiger partial charge is 0.285 e. The molecule has 0 atom stereocenters. The molecule has 0 amide bonds. The van der Waals surface area contributed by atoms with E-state index in [1.165, 1.54) is 30.6 Å². The summed E-state index contributed by atoms with van der Waals surface area (Å²) in [6.45, 7) is 0.995. The molecule has 1 aliphatic heterocycles. The molecule has 2 aromatic carbocycles. The number of methoxy groups -OCH3 is 1. The molecule has 26 heavy (non-hydrogen) atoms. The van der Waals surface area contributed by atoms with Gasteiger partial charge in [-0.15, -0.1) is 4.40 Å². The standard InChI is InChI=1S/C17H16N2O5S2/c1-19-13-9-14-15(24-8-7-23-14)10-16(13)25-17(19)18-26(20,21)12-5-3-11(22-2)4-6-12/h3-6,9-10H,7-8H2,1-2H3/b18-17-. The zero-order valence-electron chi connectivity index (χ0n) is 14.1. The first-order valence-electron chi connectivity index (χ1n) is 7.82. The maximum Gasteiger partial charge on any atom is 0.285 e. The van der Waals surface area contributed by atoms with Crippen molar-refractivity contribution < 1.29 is 22.6 Å². The quantitative estimate of drug-likeness (QED) is 0.683. The Morgan fingerprint density at radius 2 is 1.77 bits per heavy atom. The average molecular weight is 392 g/mol. The number of ether oxygens (including phenoxy) is 3. The number of fused-ring (bicyclic) bond motifs is 2. The highest BCUT2D eigenvalue weighted by atomic mass is 32.2. The highest BCUT2D eigenvalue weighted by Gasteiger charge is 2.17. The van der Waals surface area contributed by atoms with Crippen LogP contribution in [-0.2, 0) is 17.1 Å². The van der Waals surface area contributed by atoms with Crippen LogP contribution in [0.25, 0.3) is 10.2 Å². The molecule has 2 heterocycles. The van der Waals surface area contributed by atoms with E-state index in [1.807, 2.05) is 12.1 Å². The molecule has 0 unspecified atom stereocenters. The predicted molar refractivity (Wildman–Crippen MR) is 97.5 cm³/mol. The number of aromatic nitrogens is 1. The van der Waals surface area contributed by atoms with Crippen molar-refractivity contribution in [3.63, 3.8) is 0 Å². The zero-order valence-corrected chi connectivity index (χ0v) is 15.8. The molecule has 9 heteroatoms. The molecular weight excluding hydrogens is 376 g/mol. The molecule has 0 radical (unpaired) electrons. The van der Waals surface area contributed by atoms with Gasteiger partial charge < -0.3 is 18.8 Å². The fourth-order valence-electron chi connectivity index (χ4n) is 2.66. The third kappa shape index (κ3) is 2.93. The molecule has 136 valence electrons. The summed E-state index contributed by atoms with van der Waals surface area (Å²) in [5, 5.41) is 0. The highest BCUT2D eigenvalue weighted by molar-refractivity contribution is 7.90. The van der Waals surface area contributed by atoms with Crippen LogP contribution in [0.1, 0.15) is 0 Å². The summed E-state index contributed by atoms with van der Waals surface area (Å²) in [6, 6.07) is 9.84. The van der Waals surface area contributed by atoms with Gasteiger partial charge in [0.25, 0.3) is 10.0 Å². The first-order chi connectivity index (χ1) is 12.5. The van der Waals surface area contributed by atoms with Crippen LogP contribution in [0, 0.1) is 0 Å². The van der Waals surface area contributed by atoms with Crippen LogP contribution in [0.4, 0.5) is 0 Å². The predicted octanol–water partition coefficient (Wildman–Crippen LogP) is 2.31. The topological polar surface area (TPSA) is 79.1 Å². The Bertz CT molecular complexity index is 1140. The van der Waals surface area contributed by atoms with Gasteiger partial charge in [-0.2, -0.15) is 8.42 Å². The molecule has 0 spiro atoms. The van der Waals surface area contributed by atoms with Crippen LogP contribution in [-0.4, -0.2) is 33.3 Å². The third-order valence-corrected chi connectivity index (χ3v) is 6.52. The number of rotatable bonds is 3. The van der Waals surface area contributed by atoms with Gasteiger partial charge in [0.1, 0.15) is 19.0 Å². The lowest BCUT2D eigenvalue weighted by Gasteiger charge is -2.18. The normalized spacial score (nSPS) is 14.6. The van der Waals surface area contributed by atoms with E-state index in [-0.39, 0.29) is 4.90 Å². The van der Waals surface area contributed by atoms with Crippen LogP contribution in [0.15, 0.2) is 45.7 Å². The molecule has 7 nitrogen and oxygen atoms in total.